The van der Waals surface area contributed by atoms with Crippen LogP contribution in [0.1, 0.15) is 64.2 Å². The number of hydrogen-bond donors (Lipinski definition) is 1. The van der Waals surface area contributed by atoms with Crippen LogP contribution in [0.3, 0.4) is 0 Å². The van der Waals surface area contributed by atoms with Crippen LogP contribution < -0.4 is 0 Å². The number of Topliss-reactive ketones (excluding diaryl/α,β-unsaturated/α-hetero) is 1. The molecule has 3 fully saturated rings. The summed E-state index contributed by atoms with van der Waals surface area (Å²) in [6, 6.07) is 8.75. The Bertz CT molecular complexity index is 1710. The minimum absolute atomic E-state index is 0.0157. The summed E-state index contributed by atoms with van der Waals surface area (Å²) >= 11 is 0. The molecular formula is C29H56O9P20. The molecule has 29 heteroatoms. The summed E-state index contributed by atoms with van der Waals surface area (Å²) < 4.78 is 33.9. The minimum atomic E-state index is -1.87. The van der Waals surface area contributed by atoms with Crippen molar-refractivity contribution in [2.45, 2.75) is 89.5 Å². The molecule has 58 heavy (non-hydrogen) atoms. The summed E-state index contributed by atoms with van der Waals surface area (Å²) in [4.78, 5) is 43.1. The Hall–Kier alpha value is 6.01. The van der Waals surface area contributed by atoms with Crippen LogP contribution >= 0.6 is 162 Å². The Morgan fingerprint density at radius 1 is 0.845 bits per heavy atom. The molecule has 5 rings (SSSR count). The van der Waals surface area contributed by atoms with E-state index in [1.54, 1.807) is 24.3 Å². The van der Waals surface area contributed by atoms with E-state index in [-0.39, 0.29) is 25.2 Å². The van der Waals surface area contributed by atoms with E-state index in [0.29, 0.717) is 17.6 Å². The average Bonchev–Trinajstić information content (AvgIpc) is 3.09. The highest BCUT2D eigenvalue weighted by atomic mass is 33.3. The van der Waals surface area contributed by atoms with E-state index >= 15 is 4.79 Å². The molecule has 326 valence electrons. The van der Waals surface area contributed by atoms with E-state index in [4.69, 9.17) is 23.3 Å². The lowest BCUT2D eigenvalue weighted by molar-refractivity contribution is -0.347. The quantitative estimate of drug-likeness (QED) is 0.144. The van der Waals surface area contributed by atoms with Gasteiger partial charge in [-0.1, -0.05) is 47.9 Å². The van der Waals surface area contributed by atoms with Gasteiger partial charge in [-0.3, -0.25) is 9.59 Å². The van der Waals surface area contributed by atoms with E-state index in [0.717, 1.165) is 5.57 Å². The van der Waals surface area contributed by atoms with Gasteiger partial charge >= 0.3 is 11.9 Å². The van der Waals surface area contributed by atoms with Gasteiger partial charge < -0.3 is 28.4 Å². The number of fused-ring (bicyclic) bond motifs is 5. The highest BCUT2D eigenvalue weighted by molar-refractivity contribution is 9.24. The van der Waals surface area contributed by atoms with Gasteiger partial charge in [0.25, 0.3) is 0 Å². The van der Waals surface area contributed by atoms with Gasteiger partial charge in [0, 0.05) is 49.6 Å². The van der Waals surface area contributed by atoms with E-state index in [1.807, 2.05) is 33.8 Å². The maximum absolute atomic E-state index is 15.4. The third kappa shape index (κ3) is 11.1. The largest absolute Gasteiger partial charge is 0.455 e. The molecule has 1 aromatic carbocycles. The number of ketones is 1. The zero-order valence-corrected chi connectivity index (χ0v) is 53.4. The fraction of sp³-hybridized carbons (Fsp3) is 0.621. The number of ether oxygens (including phenoxy) is 3. The molecule has 0 amide bonds. The second-order valence-corrected chi connectivity index (χ2v) is 87.3. The summed E-state index contributed by atoms with van der Waals surface area (Å²) in [6.45, 7) is 5.47. The molecule has 2 saturated carbocycles. The van der Waals surface area contributed by atoms with Gasteiger partial charge in [-0.2, -0.15) is 0 Å². The molecule has 1 saturated heterocycles. The average molecular weight is 1170 g/mol. The molecule has 4 aliphatic rings. The monoisotopic (exact) mass is 1170 g/mol. The van der Waals surface area contributed by atoms with Crippen LogP contribution in [0.4, 0.5) is 0 Å². The second kappa shape index (κ2) is 22.4. The van der Waals surface area contributed by atoms with Crippen molar-refractivity contribution in [2.24, 2.45) is 16.7 Å². The number of hydrogen-bond acceptors (Lipinski definition) is 9. The van der Waals surface area contributed by atoms with Crippen LogP contribution in [0.15, 0.2) is 41.5 Å². The van der Waals surface area contributed by atoms with Crippen molar-refractivity contribution in [1.29, 1.82) is 0 Å². The molecular weight excluding hydrogens is 1110 g/mol. The van der Waals surface area contributed by atoms with E-state index < -0.39 is 128 Å². The highest BCUT2D eigenvalue weighted by Gasteiger charge is 2.76. The van der Waals surface area contributed by atoms with Gasteiger partial charge in [0.05, 0.1) is 45.3 Å². The van der Waals surface area contributed by atoms with Gasteiger partial charge in [-0.15, -0.1) is 89.3 Å². The third-order valence-corrected chi connectivity index (χ3v) is 108. The minimum Gasteiger partial charge on any atom is -0.455 e. The van der Waals surface area contributed by atoms with Gasteiger partial charge in [-0.05, 0) is 66.6 Å². The van der Waals surface area contributed by atoms with Crippen molar-refractivity contribution in [3.63, 3.8) is 0 Å². The molecule has 13 unspecified atom stereocenters. The zero-order valence-electron chi connectivity index (χ0n) is 32.7. The van der Waals surface area contributed by atoms with Gasteiger partial charge in [0.2, 0.25) is 0 Å². The van der Waals surface area contributed by atoms with Gasteiger partial charge in [0.1, 0.15) is 17.8 Å². The molecule has 1 aromatic rings. The number of esters is 2. The Kier molecular flexibility index (Phi) is 21.2. The van der Waals surface area contributed by atoms with Gasteiger partial charge in [-0.25, -0.2) is 4.79 Å². The summed E-state index contributed by atoms with van der Waals surface area (Å²) in [5, 5.41) is 13.9. The van der Waals surface area contributed by atoms with E-state index in [2.05, 4.69) is 98.2 Å². The Balaban J connectivity index is 1.77. The predicted octanol–water partition coefficient (Wildman–Crippen LogP) is 14.4. The Labute approximate surface area is 379 Å². The summed E-state index contributed by atoms with van der Waals surface area (Å²) in [7, 11) is 30.9. The summed E-state index contributed by atoms with van der Waals surface area (Å²) in [6.07, 6.45) is -2.65. The first kappa shape index (κ1) is 54.9. The van der Waals surface area contributed by atoms with Crippen LogP contribution in [0.5, 0.6) is 0 Å². The Morgan fingerprint density at radius 2 is 1.41 bits per heavy atom. The number of aliphatic hydroxyl groups is 1. The molecule has 0 spiro atoms. The van der Waals surface area contributed by atoms with Crippen molar-refractivity contribution in [3.05, 3.63) is 47.0 Å². The van der Waals surface area contributed by atoms with Gasteiger partial charge in [0.15, 0.2) is 11.4 Å². The van der Waals surface area contributed by atoms with Crippen molar-refractivity contribution in [3.8, 4) is 0 Å². The summed E-state index contributed by atoms with van der Waals surface area (Å²) in [5.74, 6) is -2.14. The van der Waals surface area contributed by atoms with Crippen molar-refractivity contribution in [1.82, 2.24) is 0 Å². The van der Waals surface area contributed by atoms with Crippen LogP contribution in [0.2, 0.25) is 0 Å². The van der Waals surface area contributed by atoms with Crippen molar-refractivity contribution >= 4 is 180 Å². The summed E-state index contributed by atoms with van der Waals surface area (Å²) in [5.41, 5.74) is -3.85. The molecule has 0 aromatic heterocycles. The first-order chi connectivity index (χ1) is 26.8. The van der Waals surface area contributed by atoms with E-state index in [1.165, 1.54) is 6.92 Å². The van der Waals surface area contributed by atoms with Crippen LogP contribution in [-0.2, 0) is 32.8 Å². The molecule has 21 atom stereocenters. The molecule has 1 aliphatic heterocycles. The lowest BCUT2D eigenvalue weighted by Crippen LogP contribution is -2.80. The predicted molar refractivity (Wildman–Crippen MR) is 301 cm³/mol. The fourth-order valence-corrected chi connectivity index (χ4v) is 172. The fourth-order valence-electron chi connectivity index (χ4n) is 9.00. The van der Waals surface area contributed by atoms with Crippen LogP contribution in [0.25, 0.3) is 0 Å². The Morgan fingerprint density at radius 3 is 1.90 bits per heavy atom. The lowest BCUT2D eigenvalue weighted by Gasteiger charge is -2.68. The SMILES string of the molecule is CC(=O)O[C@@]12CO[C@@H]1C[C@H](OP(P(P)P)P(P)P)[C@@]1(C)CC(=O)C3=C(C)[C@@H](OP(P)P(P(P)P)P(P(P)P)P(P)P)C[C@@](O)([C@@H](OC(=O)c4ccccc4)[C@@H]12)C3(C)C. The maximum atomic E-state index is 15.4. The normalized spacial score (nSPS) is 33.2. The highest BCUT2D eigenvalue weighted by Crippen LogP contribution is 3.21. The zero-order chi connectivity index (χ0) is 43.4. The van der Waals surface area contributed by atoms with Crippen molar-refractivity contribution in [2.75, 3.05) is 6.61 Å². The number of carbonyl (C=O) groups excluding carboxylic acids is 3. The molecule has 0 radical (unpaired) electrons. The molecule has 3 aliphatic carbocycles. The second-order valence-electron chi connectivity index (χ2n) is 15.4. The number of benzene rings is 1. The first-order valence-electron chi connectivity index (χ1n) is 17.7. The molecule has 1 N–H and O–H groups in total. The molecule has 1 heterocycles. The topological polar surface area (TPSA) is 118 Å². The third-order valence-electron chi connectivity index (χ3n) is 11.5. The number of rotatable bonds is 14. The smallest absolute Gasteiger partial charge is 0.338 e. The standard InChI is InChI=1S/C29H56O9P20/c1-15-19(37-50(39)57(54(44)45)58(55(46)47)56(48)49)13-29(33)24(35-25(32)17-9-7-6-8-10-17)23-27(5,12-18(31)22(15)26(29,3)4)20(38-51(52(40)41)53(42)43)11-21-28(23,14-34-21)36-16(2)30/h6-10,19-21,23-24,33H,11-14,39-49H2,1-5H3/t19-,20-,21+,23-,24-,27+,28-,29+,50?,57?/m0/s1. The lowest BCUT2D eigenvalue weighted by atomic mass is 9.45. The van der Waals surface area contributed by atoms with Crippen LogP contribution in [-0.4, -0.2) is 65.1 Å². The molecule has 2 bridgehead atoms. The van der Waals surface area contributed by atoms with Crippen LogP contribution in [0, 0.1) is 16.7 Å². The first-order valence-corrected chi connectivity index (χ1v) is 52.3. The molecule has 9 nitrogen and oxygen atoms in total. The number of carbonyl (C=O) groups is 3. The maximum Gasteiger partial charge on any atom is 0.338 e. The van der Waals surface area contributed by atoms with Crippen molar-refractivity contribution < 1.29 is 42.7 Å². The van der Waals surface area contributed by atoms with E-state index in [9.17, 15) is 14.7 Å².